The van der Waals surface area contributed by atoms with Crippen LogP contribution in [0.15, 0.2) is 30.5 Å². The van der Waals surface area contributed by atoms with E-state index in [0.29, 0.717) is 24.9 Å². The molecule has 0 radical (unpaired) electrons. The number of nitrogen functional groups attached to an aromatic ring is 1. The van der Waals surface area contributed by atoms with Crippen molar-refractivity contribution in [2.24, 2.45) is 0 Å². The maximum atomic E-state index is 6.07. The number of pyridine rings is 1. The van der Waals surface area contributed by atoms with Crippen LogP contribution in [0.1, 0.15) is 12.6 Å². The van der Waals surface area contributed by atoms with Crippen LogP contribution < -0.4 is 10.6 Å². The minimum atomic E-state index is 0.254. The number of ether oxygens (including phenoxy) is 1. The summed E-state index contributed by atoms with van der Waals surface area (Å²) >= 11 is 0. The third-order valence-corrected chi connectivity index (χ3v) is 4.31. The fraction of sp³-hybridized carbons (Fsp3) is 0.353. The number of nitrogens with zero attached hydrogens (tertiary/aromatic N) is 5. The van der Waals surface area contributed by atoms with Crippen LogP contribution in [0.5, 0.6) is 0 Å². The van der Waals surface area contributed by atoms with Gasteiger partial charge < -0.3 is 15.4 Å². The number of rotatable bonds is 2. The number of imidazole rings is 1. The van der Waals surface area contributed by atoms with Gasteiger partial charge >= 0.3 is 0 Å². The van der Waals surface area contributed by atoms with Crippen molar-refractivity contribution >= 4 is 17.3 Å². The van der Waals surface area contributed by atoms with Crippen LogP contribution in [0.25, 0.3) is 17.2 Å². The summed E-state index contributed by atoms with van der Waals surface area (Å²) in [7, 11) is 0. The zero-order valence-corrected chi connectivity index (χ0v) is 13.8. The summed E-state index contributed by atoms with van der Waals surface area (Å²) in [6.45, 7) is 6.26. The number of nitrogens with two attached hydrogens (primary N) is 1. The third-order valence-electron chi connectivity index (χ3n) is 4.31. The van der Waals surface area contributed by atoms with Gasteiger partial charge in [-0.25, -0.2) is 15.0 Å². The van der Waals surface area contributed by atoms with E-state index in [1.54, 1.807) is 0 Å². The van der Waals surface area contributed by atoms with Crippen molar-refractivity contribution < 1.29 is 4.74 Å². The number of morpholine rings is 1. The van der Waals surface area contributed by atoms with Crippen LogP contribution in [-0.4, -0.2) is 45.2 Å². The molecule has 4 rings (SSSR count). The molecule has 3 aromatic heterocycles. The van der Waals surface area contributed by atoms with E-state index in [1.165, 1.54) is 0 Å². The highest BCUT2D eigenvalue weighted by molar-refractivity contribution is 5.64. The molecular formula is C17H20N6O. The zero-order valence-electron chi connectivity index (χ0n) is 13.8. The molecule has 124 valence electrons. The normalized spacial score (nSPS) is 18.2. The van der Waals surface area contributed by atoms with Crippen LogP contribution >= 0.6 is 0 Å². The van der Waals surface area contributed by atoms with Gasteiger partial charge in [-0.1, -0.05) is 6.07 Å². The predicted octanol–water partition coefficient (Wildman–Crippen LogP) is 1.91. The Balaban J connectivity index is 1.85. The van der Waals surface area contributed by atoms with Crippen LogP contribution in [0.2, 0.25) is 0 Å². The lowest BCUT2D eigenvalue weighted by Crippen LogP contribution is -2.44. The van der Waals surface area contributed by atoms with E-state index in [-0.39, 0.29) is 6.04 Å². The topological polar surface area (TPSA) is 81.6 Å². The first-order valence-electron chi connectivity index (χ1n) is 8.06. The van der Waals surface area contributed by atoms with Crippen molar-refractivity contribution in [3.8, 4) is 11.5 Å². The van der Waals surface area contributed by atoms with E-state index in [1.807, 2.05) is 41.8 Å². The molecule has 1 aliphatic heterocycles. The van der Waals surface area contributed by atoms with Crippen molar-refractivity contribution in [3.05, 3.63) is 36.2 Å². The Hall–Kier alpha value is -2.67. The number of aromatic nitrogens is 4. The SMILES string of the molecule is Cc1nc2ccccn2c1-c1nc(N)cc(N2CCOCC2C)n1. The summed E-state index contributed by atoms with van der Waals surface area (Å²) in [5.41, 5.74) is 8.70. The maximum Gasteiger partial charge on any atom is 0.182 e. The van der Waals surface area contributed by atoms with Crippen LogP contribution in [0.4, 0.5) is 11.6 Å². The van der Waals surface area contributed by atoms with E-state index in [4.69, 9.17) is 15.5 Å². The number of hydrogen-bond acceptors (Lipinski definition) is 6. The molecule has 0 amide bonds. The standard InChI is InChI=1S/C17H20N6O/c1-11-10-24-8-7-22(11)15-9-13(18)20-17(21-15)16-12(2)19-14-5-3-4-6-23(14)16/h3-6,9,11H,7-8,10H2,1-2H3,(H2,18,20,21). The Morgan fingerprint density at radius 2 is 2.12 bits per heavy atom. The monoisotopic (exact) mass is 324 g/mol. The molecular weight excluding hydrogens is 304 g/mol. The average Bonchev–Trinajstić information content (AvgIpc) is 2.90. The minimum absolute atomic E-state index is 0.254. The molecule has 7 heteroatoms. The molecule has 24 heavy (non-hydrogen) atoms. The Bertz CT molecular complexity index is 890. The van der Waals surface area contributed by atoms with Gasteiger partial charge in [0, 0.05) is 18.8 Å². The van der Waals surface area contributed by atoms with Gasteiger partial charge in [0.2, 0.25) is 0 Å². The highest BCUT2D eigenvalue weighted by Crippen LogP contribution is 2.26. The fourth-order valence-electron chi connectivity index (χ4n) is 3.16. The van der Waals surface area contributed by atoms with E-state index >= 15 is 0 Å². The summed E-state index contributed by atoms with van der Waals surface area (Å²) in [5.74, 6) is 1.89. The second kappa shape index (κ2) is 5.76. The van der Waals surface area contributed by atoms with Gasteiger partial charge in [0.05, 0.1) is 24.9 Å². The summed E-state index contributed by atoms with van der Waals surface area (Å²) in [6, 6.07) is 7.98. The van der Waals surface area contributed by atoms with Gasteiger partial charge in [0.25, 0.3) is 0 Å². The molecule has 1 saturated heterocycles. The van der Waals surface area contributed by atoms with E-state index < -0.39 is 0 Å². The van der Waals surface area contributed by atoms with Crippen molar-refractivity contribution in [2.45, 2.75) is 19.9 Å². The van der Waals surface area contributed by atoms with Crippen molar-refractivity contribution in [3.63, 3.8) is 0 Å². The summed E-state index contributed by atoms with van der Waals surface area (Å²) in [6.07, 6.45) is 1.97. The van der Waals surface area contributed by atoms with Crippen LogP contribution in [0, 0.1) is 6.92 Å². The molecule has 7 nitrogen and oxygen atoms in total. The Morgan fingerprint density at radius 1 is 1.25 bits per heavy atom. The predicted molar refractivity (Wildman–Crippen MR) is 93.0 cm³/mol. The lowest BCUT2D eigenvalue weighted by Gasteiger charge is -2.34. The van der Waals surface area contributed by atoms with Crippen molar-refractivity contribution in [1.82, 2.24) is 19.4 Å². The fourth-order valence-corrected chi connectivity index (χ4v) is 3.16. The first kappa shape index (κ1) is 14.9. The molecule has 4 heterocycles. The third kappa shape index (κ3) is 2.46. The lowest BCUT2D eigenvalue weighted by molar-refractivity contribution is 0.0985. The minimum Gasteiger partial charge on any atom is -0.384 e. The highest BCUT2D eigenvalue weighted by Gasteiger charge is 2.22. The number of aryl methyl sites for hydroxylation is 1. The quantitative estimate of drug-likeness (QED) is 0.775. The van der Waals surface area contributed by atoms with E-state index in [0.717, 1.165) is 29.4 Å². The van der Waals surface area contributed by atoms with Crippen LogP contribution in [0.3, 0.4) is 0 Å². The zero-order chi connectivity index (χ0) is 16.7. The molecule has 3 aromatic rings. The number of hydrogen-bond donors (Lipinski definition) is 1. The second-order valence-corrected chi connectivity index (χ2v) is 6.07. The largest absolute Gasteiger partial charge is 0.384 e. The van der Waals surface area contributed by atoms with Gasteiger partial charge in [-0.05, 0) is 26.0 Å². The van der Waals surface area contributed by atoms with Gasteiger partial charge in [-0.2, -0.15) is 0 Å². The molecule has 1 atom stereocenters. The summed E-state index contributed by atoms with van der Waals surface area (Å²) in [4.78, 5) is 16.0. The number of anilines is 2. The second-order valence-electron chi connectivity index (χ2n) is 6.07. The Morgan fingerprint density at radius 3 is 2.96 bits per heavy atom. The molecule has 2 N–H and O–H groups in total. The first-order valence-corrected chi connectivity index (χ1v) is 8.06. The van der Waals surface area contributed by atoms with Gasteiger partial charge in [-0.3, -0.25) is 4.40 Å². The summed E-state index contributed by atoms with van der Waals surface area (Å²) < 4.78 is 7.51. The van der Waals surface area contributed by atoms with Crippen molar-refractivity contribution in [2.75, 3.05) is 30.4 Å². The van der Waals surface area contributed by atoms with Crippen molar-refractivity contribution in [1.29, 1.82) is 0 Å². The molecule has 1 unspecified atom stereocenters. The molecule has 0 aliphatic carbocycles. The summed E-state index contributed by atoms with van der Waals surface area (Å²) in [5, 5.41) is 0. The maximum absolute atomic E-state index is 6.07. The lowest BCUT2D eigenvalue weighted by atomic mass is 10.2. The molecule has 1 aliphatic rings. The van der Waals surface area contributed by atoms with Crippen LogP contribution in [-0.2, 0) is 4.74 Å². The molecule has 0 bridgehead atoms. The smallest absolute Gasteiger partial charge is 0.182 e. The molecule has 0 saturated carbocycles. The molecule has 0 aromatic carbocycles. The Kier molecular flexibility index (Phi) is 3.57. The van der Waals surface area contributed by atoms with Gasteiger partial charge in [-0.15, -0.1) is 0 Å². The highest BCUT2D eigenvalue weighted by atomic mass is 16.5. The van der Waals surface area contributed by atoms with E-state index in [9.17, 15) is 0 Å². The number of fused-ring (bicyclic) bond motifs is 1. The average molecular weight is 324 g/mol. The first-order chi connectivity index (χ1) is 11.6. The van der Waals surface area contributed by atoms with Gasteiger partial charge in [0.15, 0.2) is 5.82 Å². The van der Waals surface area contributed by atoms with Gasteiger partial charge in [0.1, 0.15) is 23.0 Å². The molecule has 0 spiro atoms. The van der Waals surface area contributed by atoms with E-state index in [2.05, 4.69) is 21.8 Å². The Labute approximate surface area is 140 Å². The molecule has 1 fully saturated rings.